The van der Waals surface area contributed by atoms with Crippen molar-refractivity contribution in [2.45, 2.75) is 104 Å². The van der Waals surface area contributed by atoms with Crippen LogP contribution in [0.5, 0.6) is 0 Å². The minimum Gasteiger partial charge on any atom is -0.463 e. The second kappa shape index (κ2) is 14.8. The average molecular weight is 465 g/mol. The summed E-state index contributed by atoms with van der Waals surface area (Å²) in [6.07, 6.45) is -1.27. The van der Waals surface area contributed by atoms with Crippen molar-refractivity contribution < 1.29 is 53.1 Å². The summed E-state index contributed by atoms with van der Waals surface area (Å²) >= 11 is 0. The summed E-state index contributed by atoms with van der Waals surface area (Å²) in [5.41, 5.74) is 0. The van der Waals surface area contributed by atoms with Crippen LogP contribution in [0.3, 0.4) is 0 Å². The predicted octanol–water partition coefficient (Wildman–Crippen LogP) is 2.45. The maximum Gasteiger partial charge on any atom is 0.303 e. The highest BCUT2D eigenvalue weighted by atomic mass is 16.7. The molecule has 1 aliphatic heterocycles. The Bertz CT molecular complexity index is 696. The van der Waals surface area contributed by atoms with Gasteiger partial charge in [-0.25, -0.2) is 0 Å². The summed E-state index contributed by atoms with van der Waals surface area (Å²) in [7, 11) is 0. The van der Waals surface area contributed by atoms with Crippen LogP contribution in [-0.4, -0.2) is 67.8 Å². The lowest BCUT2D eigenvalue weighted by molar-refractivity contribution is -0.308. The van der Waals surface area contributed by atoms with Crippen LogP contribution in [0.15, 0.2) is 0 Å². The van der Waals surface area contributed by atoms with Gasteiger partial charge in [0.05, 0.1) is 0 Å². The number of rotatable bonds is 13. The van der Waals surface area contributed by atoms with Crippen LogP contribution in [0, 0.1) is 0 Å². The van der Waals surface area contributed by atoms with Gasteiger partial charge in [0, 0.05) is 39.7 Å². The van der Waals surface area contributed by atoms with E-state index in [-0.39, 0.29) is 6.61 Å². The SMILES string of the molecule is [2H]CC(=O)OC[C@H]1OC(OCCCCCCCC)[C@@H](OC(=O)C[2H])[C@@H](OC(=O)C[2H])[C@@H]1OC(=O)C[2H]. The summed E-state index contributed by atoms with van der Waals surface area (Å²) in [5.74, 6) is -3.94. The normalized spacial score (nSPS) is 26.6. The van der Waals surface area contributed by atoms with Crippen molar-refractivity contribution in [3.63, 3.8) is 0 Å². The zero-order valence-corrected chi connectivity index (χ0v) is 18.5. The van der Waals surface area contributed by atoms with Crippen LogP contribution in [0.25, 0.3) is 0 Å². The highest BCUT2D eigenvalue weighted by molar-refractivity contribution is 5.68. The second-order valence-electron chi connectivity index (χ2n) is 7.23. The minimum atomic E-state index is -1.53. The van der Waals surface area contributed by atoms with Crippen LogP contribution < -0.4 is 0 Å². The van der Waals surface area contributed by atoms with E-state index in [1.165, 1.54) is 0 Å². The molecule has 184 valence electrons. The first-order valence-electron chi connectivity index (χ1n) is 13.3. The molecule has 1 unspecified atom stereocenters. The Morgan fingerprint density at radius 3 is 1.94 bits per heavy atom. The van der Waals surface area contributed by atoms with Crippen LogP contribution >= 0.6 is 0 Å². The van der Waals surface area contributed by atoms with Crippen molar-refractivity contribution >= 4 is 23.9 Å². The molecule has 1 aliphatic rings. The third-order valence-electron chi connectivity index (χ3n) is 4.58. The van der Waals surface area contributed by atoms with Gasteiger partial charge in [0.15, 0.2) is 24.6 Å². The molecule has 0 aliphatic carbocycles. The van der Waals surface area contributed by atoms with Gasteiger partial charge in [-0.1, -0.05) is 39.0 Å². The Morgan fingerprint density at radius 2 is 1.31 bits per heavy atom. The molecule has 1 saturated heterocycles. The summed E-state index contributed by atoms with van der Waals surface area (Å²) in [6, 6.07) is 0. The van der Waals surface area contributed by atoms with Crippen LogP contribution in [-0.2, 0) is 47.6 Å². The molecule has 10 heteroatoms. The first-order valence-corrected chi connectivity index (χ1v) is 10.5. The van der Waals surface area contributed by atoms with Crippen molar-refractivity contribution in [3.05, 3.63) is 0 Å². The quantitative estimate of drug-likeness (QED) is 0.228. The molecule has 0 aromatic carbocycles. The van der Waals surface area contributed by atoms with Gasteiger partial charge < -0.3 is 28.4 Å². The number of hydrogen-bond acceptors (Lipinski definition) is 10. The van der Waals surface area contributed by atoms with E-state index in [0.717, 1.165) is 32.1 Å². The topological polar surface area (TPSA) is 124 Å². The van der Waals surface area contributed by atoms with E-state index >= 15 is 0 Å². The van der Waals surface area contributed by atoms with Gasteiger partial charge in [0.25, 0.3) is 0 Å². The van der Waals surface area contributed by atoms with Gasteiger partial charge >= 0.3 is 23.9 Å². The molecule has 0 amide bonds. The molecule has 32 heavy (non-hydrogen) atoms. The molecule has 0 aromatic heterocycles. The molecule has 0 spiro atoms. The Balaban J connectivity index is 3.18. The molecule has 1 rings (SSSR count). The standard InChI is InChI=1S/C22H36O10/c1-6-7-8-9-10-11-12-27-22-21(31-17(5)26)20(30-16(4)25)19(29-15(3)24)18(32-22)13-28-14(2)23/h18-22H,6-13H2,1-5H3/t18-,19-,20+,21+,22?/m1/s1/i2D,3D,4D,5D. The smallest absolute Gasteiger partial charge is 0.303 e. The summed E-state index contributed by atoms with van der Waals surface area (Å²) in [5, 5.41) is 0. The van der Waals surface area contributed by atoms with E-state index in [2.05, 4.69) is 6.92 Å². The summed E-state index contributed by atoms with van der Waals surface area (Å²) in [4.78, 5) is 47.6. The Hall–Kier alpha value is -2.20. The van der Waals surface area contributed by atoms with Crippen molar-refractivity contribution in [1.82, 2.24) is 0 Å². The number of carbonyl (C=O) groups is 4. The van der Waals surface area contributed by atoms with Gasteiger partial charge in [0.2, 0.25) is 0 Å². The zero-order chi connectivity index (χ0) is 26.9. The molecule has 10 nitrogen and oxygen atoms in total. The van der Waals surface area contributed by atoms with Gasteiger partial charge in [-0.3, -0.25) is 19.2 Å². The van der Waals surface area contributed by atoms with Crippen LogP contribution in [0.1, 0.15) is 78.5 Å². The molecule has 0 N–H and O–H groups in total. The van der Waals surface area contributed by atoms with Gasteiger partial charge in [0.1, 0.15) is 12.7 Å². The molecule has 0 bridgehead atoms. The summed E-state index contributed by atoms with van der Waals surface area (Å²) in [6.45, 7) is -1.25. The maximum atomic E-state index is 12.0. The first-order chi connectivity index (χ1) is 17.3. The Morgan fingerprint density at radius 1 is 0.750 bits per heavy atom. The van der Waals surface area contributed by atoms with E-state index < -0.39 is 88.8 Å². The van der Waals surface area contributed by atoms with Crippen LogP contribution in [0.4, 0.5) is 0 Å². The Kier molecular flexibility index (Phi) is 10.00. The fourth-order valence-electron chi connectivity index (χ4n) is 3.26. The molecule has 0 aromatic rings. The molecular weight excluding hydrogens is 424 g/mol. The van der Waals surface area contributed by atoms with Crippen molar-refractivity contribution in [2.24, 2.45) is 0 Å². The number of esters is 4. The number of ether oxygens (including phenoxy) is 6. The maximum absolute atomic E-state index is 12.0. The highest BCUT2D eigenvalue weighted by Crippen LogP contribution is 2.30. The van der Waals surface area contributed by atoms with Crippen molar-refractivity contribution in [1.29, 1.82) is 0 Å². The van der Waals surface area contributed by atoms with E-state index in [4.69, 9.17) is 33.9 Å². The van der Waals surface area contributed by atoms with E-state index in [0.29, 0.717) is 6.42 Å². The van der Waals surface area contributed by atoms with Crippen LogP contribution in [0.2, 0.25) is 0 Å². The number of hydrogen-bond donors (Lipinski definition) is 0. The largest absolute Gasteiger partial charge is 0.463 e. The molecule has 0 saturated carbocycles. The lowest BCUT2D eigenvalue weighted by atomic mass is 9.98. The third kappa shape index (κ3) is 10.4. The van der Waals surface area contributed by atoms with Crippen molar-refractivity contribution in [3.8, 4) is 0 Å². The zero-order valence-electron chi connectivity index (χ0n) is 22.5. The van der Waals surface area contributed by atoms with E-state index in [9.17, 15) is 19.2 Å². The molecular formula is C22H36O10. The first kappa shape index (κ1) is 21.6. The molecule has 1 heterocycles. The lowest BCUT2D eigenvalue weighted by Gasteiger charge is -2.44. The monoisotopic (exact) mass is 464 g/mol. The van der Waals surface area contributed by atoms with Gasteiger partial charge in [-0.15, -0.1) is 0 Å². The fourth-order valence-corrected chi connectivity index (χ4v) is 3.26. The highest BCUT2D eigenvalue weighted by Gasteiger charge is 2.52. The van der Waals surface area contributed by atoms with Crippen molar-refractivity contribution in [2.75, 3.05) is 13.2 Å². The number of carbonyl (C=O) groups excluding carboxylic acids is 4. The van der Waals surface area contributed by atoms with Gasteiger partial charge in [-0.05, 0) is 6.42 Å². The van der Waals surface area contributed by atoms with E-state index in [1.807, 2.05) is 0 Å². The van der Waals surface area contributed by atoms with E-state index in [1.54, 1.807) is 0 Å². The average Bonchev–Trinajstić information content (AvgIpc) is 2.89. The molecule has 5 atom stereocenters. The summed E-state index contributed by atoms with van der Waals surface area (Å²) < 4.78 is 61.2. The second-order valence-corrected chi connectivity index (χ2v) is 7.23. The third-order valence-corrected chi connectivity index (χ3v) is 4.58. The Labute approximate surface area is 194 Å². The molecule has 0 radical (unpaired) electrons. The molecule has 1 fully saturated rings. The fraction of sp³-hybridized carbons (Fsp3) is 0.818. The predicted molar refractivity (Wildman–Crippen MR) is 111 cm³/mol. The number of unbranched alkanes of at least 4 members (excludes halogenated alkanes) is 5. The van der Waals surface area contributed by atoms with Gasteiger partial charge in [-0.2, -0.15) is 0 Å². The lowest BCUT2D eigenvalue weighted by Crippen LogP contribution is -2.63. The minimum absolute atomic E-state index is 0.182.